The van der Waals surface area contributed by atoms with Crippen LogP contribution in [0.2, 0.25) is 0 Å². The molecule has 0 spiro atoms. The van der Waals surface area contributed by atoms with Crippen molar-refractivity contribution in [3.05, 3.63) is 30.1 Å². The highest BCUT2D eigenvalue weighted by molar-refractivity contribution is 7.97. The number of aromatic nitrogens is 2. The second-order valence-corrected chi connectivity index (χ2v) is 7.05. The summed E-state index contributed by atoms with van der Waals surface area (Å²) in [6.45, 7) is 0.788. The van der Waals surface area contributed by atoms with Gasteiger partial charge in [-0.15, -0.1) is 0 Å². The lowest BCUT2D eigenvalue weighted by molar-refractivity contribution is -0.137. The lowest BCUT2D eigenvalue weighted by atomic mass is 9.91. The Balaban J connectivity index is 1.84. The molecule has 0 saturated carbocycles. The fourth-order valence-corrected chi connectivity index (χ4v) is 3.62. The summed E-state index contributed by atoms with van der Waals surface area (Å²) < 4.78 is 7.27. The SMILES string of the molecule is CSCc1nc2ccccc2n1CC(=O)N[C@@]1(C(N)=O)CCCOC1. The Morgan fingerprint density at radius 2 is 2.24 bits per heavy atom. The average Bonchev–Trinajstić information content (AvgIpc) is 2.93. The summed E-state index contributed by atoms with van der Waals surface area (Å²) >= 11 is 1.64. The first-order chi connectivity index (χ1) is 12.1. The Morgan fingerprint density at radius 3 is 2.92 bits per heavy atom. The molecule has 1 saturated heterocycles. The summed E-state index contributed by atoms with van der Waals surface area (Å²) in [6.07, 6.45) is 3.18. The number of para-hydroxylation sites is 2. The zero-order valence-corrected chi connectivity index (χ0v) is 15.0. The van der Waals surface area contributed by atoms with Crippen LogP contribution in [0.5, 0.6) is 0 Å². The number of hydrogen-bond acceptors (Lipinski definition) is 5. The minimum Gasteiger partial charge on any atom is -0.378 e. The number of amides is 2. The number of nitrogens with zero attached hydrogens (tertiary/aromatic N) is 2. The maximum atomic E-state index is 12.7. The van der Waals surface area contributed by atoms with E-state index in [-0.39, 0.29) is 19.1 Å². The summed E-state index contributed by atoms with van der Waals surface area (Å²) in [5.74, 6) is 0.707. The smallest absolute Gasteiger partial charge is 0.245 e. The predicted octanol–water partition coefficient (Wildman–Crippen LogP) is 1.05. The minimum atomic E-state index is -1.12. The molecule has 134 valence electrons. The standard InChI is InChI=1S/C17H22N4O3S/c1-25-10-14-19-12-5-2-3-6-13(12)21(14)9-15(22)20-17(16(18)23)7-4-8-24-11-17/h2-3,5-6H,4,7-11H2,1H3,(H2,18,23)(H,20,22)/t17-/m0/s1. The number of fused-ring (bicyclic) bond motifs is 1. The van der Waals surface area contributed by atoms with Crippen LogP contribution in [0.3, 0.4) is 0 Å². The molecule has 1 fully saturated rings. The van der Waals surface area contributed by atoms with E-state index in [1.807, 2.05) is 35.1 Å². The van der Waals surface area contributed by atoms with Crippen LogP contribution in [0.15, 0.2) is 24.3 Å². The van der Waals surface area contributed by atoms with Crippen LogP contribution in [0.4, 0.5) is 0 Å². The molecule has 25 heavy (non-hydrogen) atoms. The number of nitrogens with one attached hydrogen (secondary N) is 1. The molecule has 1 aliphatic rings. The molecule has 8 heteroatoms. The molecule has 1 aromatic carbocycles. The van der Waals surface area contributed by atoms with Crippen LogP contribution in [0.25, 0.3) is 11.0 Å². The van der Waals surface area contributed by atoms with Crippen molar-refractivity contribution in [2.75, 3.05) is 19.5 Å². The molecule has 2 heterocycles. The van der Waals surface area contributed by atoms with Crippen molar-refractivity contribution in [2.24, 2.45) is 5.73 Å². The van der Waals surface area contributed by atoms with Gasteiger partial charge in [0.05, 0.1) is 23.4 Å². The van der Waals surface area contributed by atoms with Gasteiger partial charge >= 0.3 is 0 Å². The van der Waals surface area contributed by atoms with Gasteiger partial charge in [0.25, 0.3) is 0 Å². The van der Waals surface area contributed by atoms with Gasteiger partial charge in [-0.3, -0.25) is 9.59 Å². The van der Waals surface area contributed by atoms with Crippen molar-refractivity contribution in [1.29, 1.82) is 0 Å². The first-order valence-corrected chi connectivity index (χ1v) is 9.57. The van der Waals surface area contributed by atoms with Crippen molar-refractivity contribution in [3.8, 4) is 0 Å². The summed E-state index contributed by atoms with van der Waals surface area (Å²) in [6, 6.07) is 7.70. The third-order valence-electron chi connectivity index (χ3n) is 4.40. The minimum absolute atomic E-state index is 0.0887. The first kappa shape index (κ1) is 17.8. The van der Waals surface area contributed by atoms with E-state index in [1.54, 1.807) is 11.8 Å². The van der Waals surface area contributed by atoms with Crippen LogP contribution in [0.1, 0.15) is 18.7 Å². The zero-order chi connectivity index (χ0) is 17.9. The number of benzene rings is 1. The van der Waals surface area contributed by atoms with Crippen molar-refractivity contribution in [2.45, 2.75) is 30.7 Å². The number of carbonyl (C=O) groups is 2. The summed E-state index contributed by atoms with van der Waals surface area (Å²) in [4.78, 5) is 29.2. The monoisotopic (exact) mass is 362 g/mol. The van der Waals surface area contributed by atoms with E-state index in [2.05, 4.69) is 10.3 Å². The van der Waals surface area contributed by atoms with Gasteiger partial charge in [-0.25, -0.2) is 4.98 Å². The van der Waals surface area contributed by atoms with Gasteiger partial charge in [0.1, 0.15) is 17.9 Å². The van der Waals surface area contributed by atoms with E-state index in [0.717, 1.165) is 16.9 Å². The molecule has 0 unspecified atom stereocenters. The molecule has 1 aromatic heterocycles. The second kappa shape index (κ2) is 7.45. The van der Waals surface area contributed by atoms with Gasteiger partial charge in [-0.05, 0) is 31.2 Å². The number of rotatable bonds is 6. The van der Waals surface area contributed by atoms with Gasteiger partial charge in [0.2, 0.25) is 11.8 Å². The Hall–Kier alpha value is -2.06. The fraction of sp³-hybridized carbons (Fsp3) is 0.471. The molecule has 2 amide bonds. The summed E-state index contributed by atoms with van der Waals surface area (Å²) in [5, 5.41) is 2.81. The molecule has 3 rings (SSSR count). The Morgan fingerprint density at radius 1 is 1.44 bits per heavy atom. The quantitative estimate of drug-likeness (QED) is 0.800. The zero-order valence-electron chi connectivity index (χ0n) is 14.2. The maximum Gasteiger partial charge on any atom is 0.245 e. The molecule has 1 aliphatic heterocycles. The predicted molar refractivity (Wildman–Crippen MR) is 97.1 cm³/mol. The van der Waals surface area contributed by atoms with Gasteiger partial charge < -0.3 is 20.4 Å². The molecule has 0 aliphatic carbocycles. The first-order valence-electron chi connectivity index (χ1n) is 8.17. The molecule has 2 aromatic rings. The fourth-order valence-electron chi connectivity index (χ4n) is 3.14. The molecule has 0 radical (unpaired) electrons. The molecule has 0 bridgehead atoms. The molecule has 7 nitrogen and oxygen atoms in total. The van der Waals surface area contributed by atoms with E-state index >= 15 is 0 Å². The summed E-state index contributed by atoms with van der Waals surface area (Å²) in [7, 11) is 0. The summed E-state index contributed by atoms with van der Waals surface area (Å²) in [5.41, 5.74) is 6.17. The van der Waals surface area contributed by atoms with E-state index in [9.17, 15) is 9.59 Å². The van der Waals surface area contributed by atoms with E-state index < -0.39 is 11.4 Å². The number of ether oxygens (including phenoxy) is 1. The van der Waals surface area contributed by atoms with E-state index in [4.69, 9.17) is 10.5 Å². The van der Waals surface area contributed by atoms with E-state index in [0.29, 0.717) is 25.2 Å². The van der Waals surface area contributed by atoms with Gasteiger partial charge in [0.15, 0.2) is 0 Å². The Bertz CT molecular complexity index is 783. The highest BCUT2D eigenvalue weighted by Gasteiger charge is 2.40. The maximum absolute atomic E-state index is 12.7. The molecule has 1 atom stereocenters. The van der Waals surface area contributed by atoms with Crippen molar-refractivity contribution in [3.63, 3.8) is 0 Å². The topological polar surface area (TPSA) is 99.2 Å². The number of imidazole rings is 1. The largest absolute Gasteiger partial charge is 0.378 e. The van der Waals surface area contributed by atoms with Crippen LogP contribution < -0.4 is 11.1 Å². The highest BCUT2D eigenvalue weighted by atomic mass is 32.2. The highest BCUT2D eigenvalue weighted by Crippen LogP contribution is 2.21. The number of nitrogens with two attached hydrogens (primary N) is 1. The number of primary amides is 1. The van der Waals surface area contributed by atoms with Gasteiger partial charge in [0, 0.05) is 6.61 Å². The normalized spacial score (nSPS) is 20.5. The van der Waals surface area contributed by atoms with Crippen LogP contribution >= 0.6 is 11.8 Å². The van der Waals surface area contributed by atoms with E-state index in [1.165, 1.54) is 0 Å². The van der Waals surface area contributed by atoms with Crippen molar-refractivity contribution < 1.29 is 14.3 Å². The van der Waals surface area contributed by atoms with Gasteiger partial charge in [-0.1, -0.05) is 12.1 Å². The van der Waals surface area contributed by atoms with Crippen molar-refractivity contribution >= 4 is 34.6 Å². The average molecular weight is 362 g/mol. The number of thioether (sulfide) groups is 1. The number of carbonyl (C=O) groups excluding carboxylic acids is 2. The second-order valence-electron chi connectivity index (χ2n) is 6.19. The lowest BCUT2D eigenvalue weighted by Crippen LogP contribution is -2.62. The van der Waals surface area contributed by atoms with Crippen LogP contribution in [-0.2, 0) is 26.6 Å². The Kier molecular flexibility index (Phi) is 5.29. The third kappa shape index (κ3) is 3.64. The van der Waals surface area contributed by atoms with Crippen LogP contribution in [-0.4, -0.2) is 46.4 Å². The van der Waals surface area contributed by atoms with Crippen LogP contribution in [0, 0.1) is 0 Å². The Labute approximate surface area is 150 Å². The molecular formula is C17H22N4O3S. The third-order valence-corrected chi connectivity index (χ3v) is 4.95. The van der Waals surface area contributed by atoms with Crippen molar-refractivity contribution in [1.82, 2.24) is 14.9 Å². The molecular weight excluding hydrogens is 340 g/mol. The van der Waals surface area contributed by atoms with Gasteiger partial charge in [-0.2, -0.15) is 11.8 Å². The lowest BCUT2D eigenvalue weighted by Gasteiger charge is -2.34. The number of hydrogen-bond donors (Lipinski definition) is 2. The molecule has 3 N–H and O–H groups in total.